The molecular formula is C18H17N5O3. The summed E-state index contributed by atoms with van der Waals surface area (Å²) in [5, 5.41) is 18.1. The minimum Gasteiger partial charge on any atom is -0.343 e. The minimum absolute atomic E-state index is 0.0785. The zero-order chi connectivity index (χ0) is 18.5. The van der Waals surface area contributed by atoms with Gasteiger partial charge in [-0.05, 0) is 18.6 Å². The number of nitro groups is 1. The van der Waals surface area contributed by atoms with Crippen molar-refractivity contribution in [2.24, 2.45) is 0 Å². The summed E-state index contributed by atoms with van der Waals surface area (Å²) in [6.07, 6.45) is 2.99. The van der Waals surface area contributed by atoms with E-state index in [1.54, 1.807) is 30.1 Å². The lowest BCUT2D eigenvalue weighted by atomic mass is 10.1. The van der Waals surface area contributed by atoms with Gasteiger partial charge < -0.3 is 5.32 Å². The predicted octanol–water partition coefficient (Wildman–Crippen LogP) is 2.67. The maximum Gasteiger partial charge on any atom is 0.273 e. The van der Waals surface area contributed by atoms with Crippen molar-refractivity contribution in [1.82, 2.24) is 20.1 Å². The van der Waals surface area contributed by atoms with Crippen LogP contribution in [0.1, 0.15) is 27.5 Å². The van der Waals surface area contributed by atoms with Crippen LogP contribution in [-0.2, 0) is 6.54 Å². The highest BCUT2D eigenvalue weighted by atomic mass is 16.6. The molecule has 0 aliphatic heterocycles. The van der Waals surface area contributed by atoms with Crippen molar-refractivity contribution in [2.75, 3.05) is 0 Å². The third-order valence-corrected chi connectivity index (χ3v) is 4.01. The van der Waals surface area contributed by atoms with Gasteiger partial charge >= 0.3 is 0 Å². The number of rotatable bonds is 6. The van der Waals surface area contributed by atoms with Crippen molar-refractivity contribution >= 4 is 11.6 Å². The zero-order valence-corrected chi connectivity index (χ0v) is 14.1. The molecule has 0 saturated heterocycles. The van der Waals surface area contributed by atoms with Gasteiger partial charge in [-0.1, -0.05) is 36.4 Å². The Bertz CT molecular complexity index is 910. The van der Waals surface area contributed by atoms with E-state index in [9.17, 15) is 14.9 Å². The van der Waals surface area contributed by atoms with Crippen molar-refractivity contribution in [1.29, 1.82) is 0 Å². The Morgan fingerprint density at radius 1 is 1.27 bits per heavy atom. The van der Waals surface area contributed by atoms with Gasteiger partial charge in [-0.2, -0.15) is 5.10 Å². The van der Waals surface area contributed by atoms with Crippen molar-refractivity contribution in [3.63, 3.8) is 0 Å². The summed E-state index contributed by atoms with van der Waals surface area (Å²) in [4.78, 5) is 27.2. The molecule has 1 N–H and O–H groups in total. The van der Waals surface area contributed by atoms with Crippen molar-refractivity contribution in [3.8, 4) is 0 Å². The van der Waals surface area contributed by atoms with Crippen molar-refractivity contribution < 1.29 is 9.72 Å². The molecule has 8 heteroatoms. The van der Waals surface area contributed by atoms with Gasteiger partial charge in [0.05, 0.1) is 17.5 Å². The van der Waals surface area contributed by atoms with E-state index in [4.69, 9.17) is 0 Å². The van der Waals surface area contributed by atoms with Crippen LogP contribution < -0.4 is 5.32 Å². The maximum atomic E-state index is 12.7. The first-order chi connectivity index (χ1) is 12.5. The highest BCUT2D eigenvalue weighted by molar-refractivity contribution is 5.95. The molecule has 1 unspecified atom stereocenters. The van der Waals surface area contributed by atoms with Crippen LogP contribution in [0.15, 0.2) is 61.2 Å². The van der Waals surface area contributed by atoms with E-state index < -0.39 is 4.92 Å². The predicted molar refractivity (Wildman–Crippen MR) is 94.5 cm³/mol. The molecule has 0 bridgehead atoms. The Morgan fingerprint density at radius 2 is 2.04 bits per heavy atom. The number of carbonyl (C=O) groups excluding carboxylic acids is 1. The summed E-state index contributed by atoms with van der Waals surface area (Å²) in [6, 6.07) is 13.5. The van der Waals surface area contributed by atoms with Gasteiger partial charge in [0, 0.05) is 17.2 Å². The van der Waals surface area contributed by atoms with Gasteiger partial charge in [0.1, 0.15) is 12.7 Å². The van der Waals surface area contributed by atoms with E-state index in [1.807, 2.05) is 30.3 Å². The quantitative estimate of drug-likeness (QED) is 0.543. The van der Waals surface area contributed by atoms with Crippen LogP contribution in [0.5, 0.6) is 0 Å². The first kappa shape index (κ1) is 17.3. The molecule has 0 spiro atoms. The minimum atomic E-state index is -0.490. The Labute approximate surface area is 149 Å². The number of nitrogens with zero attached hydrogens (tertiary/aromatic N) is 4. The molecule has 26 heavy (non-hydrogen) atoms. The number of nitrogens with one attached hydrogen (secondary N) is 1. The molecule has 0 radical (unpaired) electrons. The fourth-order valence-electron chi connectivity index (χ4n) is 2.62. The number of nitro benzene ring substituents is 1. The second kappa shape index (κ2) is 7.56. The Hall–Kier alpha value is -3.55. The van der Waals surface area contributed by atoms with Crippen LogP contribution in [-0.4, -0.2) is 25.6 Å². The molecule has 0 aliphatic carbocycles. The van der Waals surface area contributed by atoms with Crippen molar-refractivity contribution in [2.45, 2.75) is 19.5 Å². The number of aromatic nitrogens is 3. The van der Waals surface area contributed by atoms with Gasteiger partial charge in [0.2, 0.25) is 0 Å². The molecule has 8 nitrogen and oxygen atoms in total. The van der Waals surface area contributed by atoms with Crippen molar-refractivity contribution in [3.05, 3.63) is 88.0 Å². The van der Waals surface area contributed by atoms with Crippen LogP contribution >= 0.6 is 0 Å². The van der Waals surface area contributed by atoms with E-state index >= 15 is 0 Å². The smallest absolute Gasteiger partial charge is 0.273 e. The second-order valence-corrected chi connectivity index (χ2v) is 5.81. The standard InChI is InChI=1S/C18H17N5O3/c1-13-7-8-15(9-17(13)23(25)26)18(24)21-16(10-22-12-19-11-20-22)14-5-3-2-4-6-14/h2-9,11-12,16H,10H2,1H3,(H,21,24). The number of hydrogen-bond acceptors (Lipinski definition) is 5. The van der Waals surface area contributed by atoms with E-state index in [-0.39, 0.29) is 23.2 Å². The molecule has 1 atom stereocenters. The maximum absolute atomic E-state index is 12.7. The fraction of sp³-hybridized carbons (Fsp3) is 0.167. The molecule has 0 saturated carbocycles. The van der Waals surface area contributed by atoms with Gasteiger partial charge in [-0.3, -0.25) is 19.6 Å². The summed E-state index contributed by atoms with van der Waals surface area (Å²) in [6.45, 7) is 2.03. The summed E-state index contributed by atoms with van der Waals surface area (Å²) < 4.78 is 1.62. The topological polar surface area (TPSA) is 103 Å². The third kappa shape index (κ3) is 3.92. The van der Waals surface area contributed by atoms with E-state index in [2.05, 4.69) is 15.4 Å². The SMILES string of the molecule is Cc1ccc(C(=O)NC(Cn2cncn2)c2ccccc2)cc1[N+](=O)[O-]. The summed E-state index contributed by atoms with van der Waals surface area (Å²) in [5.74, 6) is -0.387. The highest BCUT2D eigenvalue weighted by Gasteiger charge is 2.19. The molecule has 2 aromatic carbocycles. The zero-order valence-electron chi connectivity index (χ0n) is 14.1. The van der Waals surface area contributed by atoms with Crippen LogP contribution in [0, 0.1) is 17.0 Å². The largest absolute Gasteiger partial charge is 0.343 e. The van der Waals surface area contributed by atoms with Gasteiger partial charge in [-0.25, -0.2) is 4.98 Å². The Morgan fingerprint density at radius 3 is 2.69 bits per heavy atom. The molecule has 3 rings (SSSR count). The Balaban J connectivity index is 1.85. The van der Waals surface area contributed by atoms with Crippen LogP contribution in [0.2, 0.25) is 0 Å². The molecule has 0 fully saturated rings. The van der Waals surface area contributed by atoms with Gasteiger partial charge in [0.15, 0.2) is 0 Å². The molecular weight excluding hydrogens is 334 g/mol. The normalized spacial score (nSPS) is 11.7. The van der Waals surface area contributed by atoms with E-state index in [1.165, 1.54) is 12.4 Å². The van der Waals surface area contributed by atoms with Crippen LogP contribution in [0.4, 0.5) is 5.69 Å². The highest BCUT2D eigenvalue weighted by Crippen LogP contribution is 2.21. The van der Waals surface area contributed by atoms with Crippen LogP contribution in [0.25, 0.3) is 0 Å². The average molecular weight is 351 g/mol. The lowest BCUT2D eigenvalue weighted by molar-refractivity contribution is -0.385. The summed E-state index contributed by atoms with van der Waals surface area (Å²) in [5.41, 5.74) is 1.57. The number of carbonyl (C=O) groups is 1. The molecule has 0 aliphatic rings. The molecule has 132 valence electrons. The van der Waals surface area contributed by atoms with Gasteiger partial charge in [0.25, 0.3) is 11.6 Å². The molecule has 1 amide bonds. The fourth-order valence-corrected chi connectivity index (χ4v) is 2.62. The average Bonchev–Trinajstić information content (AvgIpc) is 3.15. The number of amides is 1. The summed E-state index contributed by atoms with van der Waals surface area (Å²) in [7, 11) is 0. The monoisotopic (exact) mass is 351 g/mol. The summed E-state index contributed by atoms with van der Waals surface area (Å²) >= 11 is 0. The number of benzene rings is 2. The third-order valence-electron chi connectivity index (χ3n) is 4.01. The molecule has 1 aromatic heterocycles. The number of hydrogen-bond donors (Lipinski definition) is 1. The van der Waals surface area contributed by atoms with E-state index in [0.717, 1.165) is 5.56 Å². The second-order valence-electron chi connectivity index (χ2n) is 5.81. The number of aryl methyl sites for hydroxylation is 1. The van der Waals surface area contributed by atoms with E-state index in [0.29, 0.717) is 12.1 Å². The molecule has 3 aromatic rings. The Kier molecular flexibility index (Phi) is 5.02. The first-order valence-electron chi connectivity index (χ1n) is 7.98. The van der Waals surface area contributed by atoms with Gasteiger partial charge in [-0.15, -0.1) is 0 Å². The molecule has 1 heterocycles. The lowest BCUT2D eigenvalue weighted by Gasteiger charge is -2.19. The first-order valence-corrected chi connectivity index (χ1v) is 7.98. The lowest BCUT2D eigenvalue weighted by Crippen LogP contribution is -2.31. The van der Waals surface area contributed by atoms with Crippen LogP contribution in [0.3, 0.4) is 0 Å².